The van der Waals surface area contributed by atoms with Crippen LogP contribution in [-0.2, 0) is 11.4 Å². The number of benzene rings is 3. The standard InChI is InChI=1S/C20H13F5N2O2/c21-13-6-12(20(28)27-29-10-11-4-2-1-3-5-11)18(8-15(13)23)26-19-9-16(24)14(22)7-17(19)25/h1-9,26H,10H2,(H,27,28). The SMILES string of the molecule is O=C(NOCc1ccccc1)c1cc(F)c(F)cc1Nc1cc(F)c(F)cc1F. The number of amides is 1. The molecular weight excluding hydrogens is 395 g/mol. The second kappa shape index (κ2) is 8.70. The molecule has 0 heterocycles. The van der Waals surface area contributed by atoms with Crippen molar-refractivity contribution in [2.75, 3.05) is 5.32 Å². The number of hydroxylamine groups is 1. The van der Waals surface area contributed by atoms with Crippen LogP contribution >= 0.6 is 0 Å². The fourth-order valence-electron chi connectivity index (χ4n) is 2.42. The third-order valence-electron chi connectivity index (χ3n) is 3.83. The van der Waals surface area contributed by atoms with Crippen LogP contribution in [0.5, 0.6) is 0 Å². The first-order valence-electron chi connectivity index (χ1n) is 8.22. The highest BCUT2D eigenvalue weighted by Crippen LogP contribution is 2.27. The zero-order valence-corrected chi connectivity index (χ0v) is 14.6. The maximum absolute atomic E-state index is 13.9. The Labute approximate surface area is 161 Å². The first-order chi connectivity index (χ1) is 13.8. The summed E-state index contributed by atoms with van der Waals surface area (Å²) in [5.41, 5.74) is 1.40. The van der Waals surface area contributed by atoms with E-state index < -0.39 is 46.2 Å². The molecule has 0 unspecified atom stereocenters. The van der Waals surface area contributed by atoms with Crippen molar-refractivity contribution in [1.82, 2.24) is 5.48 Å². The molecule has 3 rings (SSSR count). The number of hydrogen-bond acceptors (Lipinski definition) is 3. The minimum absolute atomic E-state index is 0.00315. The van der Waals surface area contributed by atoms with E-state index in [1.54, 1.807) is 30.3 Å². The number of anilines is 2. The Morgan fingerprint density at radius 2 is 1.34 bits per heavy atom. The lowest BCUT2D eigenvalue weighted by atomic mass is 10.1. The zero-order valence-electron chi connectivity index (χ0n) is 14.6. The van der Waals surface area contributed by atoms with Gasteiger partial charge in [0, 0.05) is 18.2 Å². The first kappa shape index (κ1) is 20.3. The van der Waals surface area contributed by atoms with E-state index >= 15 is 0 Å². The van der Waals surface area contributed by atoms with E-state index in [0.29, 0.717) is 18.2 Å². The molecule has 0 atom stereocenters. The fraction of sp³-hybridized carbons (Fsp3) is 0.0500. The lowest BCUT2D eigenvalue weighted by molar-refractivity contribution is 0.0234. The topological polar surface area (TPSA) is 50.4 Å². The van der Waals surface area contributed by atoms with E-state index in [-0.39, 0.29) is 18.4 Å². The Kier molecular flexibility index (Phi) is 6.08. The number of carbonyl (C=O) groups is 1. The molecule has 0 bridgehead atoms. The van der Waals surface area contributed by atoms with Crippen molar-refractivity contribution in [2.45, 2.75) is 6.61 Å². The van der Waals surface area contributed by atoms with Gasteiger partial charge in [-0.3, -0.25) is 9.63 Å². The van der Waals surface area contributed by atoms with Crippen molar-refractivity contribution in [3.8, 4) is 0 Å². The summed E-state index contributed by atoms with van der Waals surface area (Å²) in [6.45, 7) is -0.00315. The van der Waals surface area contributed by atoms with Crippen molar-refractivity contribution in [3.63, 3.8) is 0 Å². The molecule has 150 valence electrons. The molecule has 4 nitrogen and oxygen atoms in total. The van der Waals surface area contributed by atoms with Gasteiger partial charge in [0.15, 0.2) is 23.3 Å². The summed E-state index contributed by atoms with van der Waals surface area (Å²) >= 11 is 0. The molecule has 0 saturated carbocycles. The molecule has 0 radical (unpaired) electrons. The van der Waals surface area contributed by atoms with E-state index in [1.807, 2.05) is 0 Å². The largest absolute Gasteiger partial charge is 0.352 e. The van der Waals surface area contributed by atoms with Gasteiger partial charge >= 0.3 is 0 Å². The van der Waals surface area contributed by atoms with Crippen LogP contribution in [0.25, 0.3) is 0 Å². The molecule has 0 saturated heterocycles. The second-order valence-corrected chi connectivity index (χ2v) is 5.89. The summed E-state index contributed by atoms with van der Waals surface area (Å²) in [7, 11) is 0. The van der Waals surface area contributed by atoms with Crippen LogP contribution in [0.3, 0.4) is 0 Å². The molecule has 0 aliphatic heterocycles. The Morgan fingerprint density at radius 3 is 2.03 bits per heavy atom. The molecular formula is C20H13F5N2O2. The molecule has 0 spiro atoms. The molecule has 3 aromatic rings. The molecule has 1 amide bonds. The van der Waals surface area contributed by atoms with E-state index in [1.165, 1.54) is 0 Å². The van der Waals surface area contributed by atoms with Crippen LogP contribution in [0.15, 0.2) is 54.6 Å². The van der Waals surface area contributed by atoms with E-state index in [2.05, 4.69) is 10.8 Å². The third-order valence-corrected chi connectivity index (χ3v) is 3.83. The summed E-state index contributed by atoms with van der Waals surface area (Å²) in [6, 6.07) is 10.7. The number of halogens is 5. The minimum Gasteiger partial charge on any atom is -0.352 e. The van der Waals surface area contributed by atoms with E-state index in [0.717, 1.165) is 5.56 Å². The molecule has 9 heteroatoms. The lowest BCUT2D eigenvalue weighted by Crippen LogP contribution is -2.24. The van der Waals surface area contributed by atoms with Crippen molar-refractivity contribution in [2.24, 2.45) is 0 Å². The zero-order chi connectivity index (χ0) is 21.0. The van der Waals surface area contributed by atoms with Crippen molar-refractivity contribution < 1.29 is 31.6 Å². The first-order valence-corrected chi connectivity index (χ1v) is 8.22. The van der Waals surface area contributed by atoms with Gasteiger partial charge in [-0.25, -0.2) is 27.4 Å². The van der Waals surface area contributed by atoms with E-state index in [9.17, 15) is 26.7 Å². The van der Waals surface area contributed by atoms with Gasteiger partial charge < -0.3 is 5.32 Å². The van der Waals surface area contributed by atoms with Crippen molar-refractivity contribution in [1.29, 1.82) is 0 Å². The lowest BCUT2D eigenvalue weighted by Gasteiger charge is -2.14. The average molecular weight is 408 g/mol. The van der Waals surface area contributed by atoms with Gasteiger partial charge in [-0.2, -0.15) is 0 Å². The summed E-state index contributed by atoms with van der Waals surface area (Å²) in [4.78, 5) is 17.4. The molecule has 0 aliphatic carbocycles. The van der Waals surface area contributed by atoms with Gasteiger partial charge in [-0.05, 0) is 11.6 Å². The van der Waals surface area contributed by atoms with Crippen molar-refractivity contribution >= 4 is 17.3 Å². The highest BCUT2D eigenvalue weighted by atomic mass is 19.2. The smallest absolute Gasteiger partial charge is 0.277 e. The molecule has 29 heavy (non-hydrogen) atoms. The van der Waals surface area contributed by atoms with Crippen LogP contribution in [0.2, 0.25) is 0 Å². The number of hydrogen-bond donors (Lipinski definition) is 2. The molecule has 0 aromatic heterocycles. The summed E-state index contributed by atoms with van der Waals surface area (Å²) in [5, 5.41) is 2.26. The van der Waals surface area contributed by atoms with Crippen LogP contribution in [0.1, 0.15) is 15.9 Å². The maximum Gasteiger partial charge on any atom is 0.277 e. The van der Waals surface area contributed by atoms with E-state index in [4.69, 9.17) is 4.84 Å². The van der Waals surface area contributed by atoms with Crippen LogP contribution in [0.4, 0.5) is 33.3 Å². The second-order valence-electron chi connectivity index (χ2n) is 5.89. The van der Waals surface area contributed by atoms with Gasteiger partial charge in [0.05, 0.1) is 23.5 Å². The predicted molar refractivity (Wildman–Crippen MR) is 94.7 cm³/mol. The Morgan fingerprint density at radius 1 is 0.759 bits per heavy atom. The number of nitrogens with one attached hydrogen (secondary N) is 2. The fourth-order valence-corrected chi connectivity index (χ4v) is 2.42. The average Bonchev–Trinajstić information content (AvgIpc) is 2.69. The number of carbonyl (C=O) groups excluding carboxylic acids is 1. The van der Waals surface area contributed by atoms with Gasteiger partial charge in [0.1, 0.15) is 5.82 Å². The number of rotatable bonds is 6. The molecule has 3 aromatic carbocycles. The Bertz CT molecular complexity index is 1040. The molecule has 2 N–H and O–H groups in total. The van der Waals surface area contributed by atoms with Gasteiger partial charge in [-0.1, -0.05) is 30.3 Å². The predicted octanol–water partition coefficient (Wildman–Crippen LogP) is 4.99. The highest BCUT2D eigenvalue weighted by Gasteiger charge is 2.19. The van der Waals surface area contributed by atoms with Gasteiger partial charge in [0.2, 0.25) is 0 Å². The van der Waals surface area contributed by atoms with Gasteiger partial charge in [-0.15, -0.1) is 0 Å². The van der Waals surface area contributed by atoms with Crippen LogP contribution in [-0.4, -0.2) is 5.91 Å². The third kappa shape index (κ3) is 4.88. The molecule has 0 fully saturated rings. The maximum atomic E-state index is 13.9. The Balaban J connectivity index is 1.82. The normalized spacial score (nSPS) is 10.7. The monoisotopic (exact) mass is 408 g/mol. The summed E-state index contributed by atoms with van der Waals surface area (Å²) in [5.74, 6) is -7.63. The van der Waals surface area contributed by atoms with Gasteiger partial charge in [0.25, 0.3) is 5.91 Å². The quantitative estimate of drug-likeness (QED) is 0.343. The van der Waals surface area contributed by atoms with Crippen LogP contribution < -0.4 is 10.8 Å². The highest BCUT2D eigenvalue weighted by molar-refractivity contribution is 5.99. The minimum atomic E-state index is -1.43. The van der Waals surface area contributed by atoms with Crippen LogP contribution in [0, 0.1) is 29.1 Å². The summed E-state index contributed by atoms with van der Waals surface area (Å²) < 4.78 is 67.6. The summed E-state index contributed by atoms with van der Waals surface area (Å²) in [6.07, 6.45) is 0. The van der Waals surface area contributed by atoms with Crippen molar-refractivity contribution in [3.05, 3.63) is 94.8 Å². The Hall–Kier alpha value is -3.46. The molecule has 0 aliphatic rings.